The predicted molar refractivity (Wildman–Crippen MR) is 55.4 cm³/mol. The molecule has 3 N–H and O–H groups in total. The zero-order valence-corrected chi connectivity index (χ0v) is 8.44. The number of nitrogens with two attached hydrogens (primary N) is 1. The number of hydrogen-bond donors (Lipinski definition) is 2. The topological polar surface area (TPSA) is 94.1 Å². The lowest BCUT2D eigenvalue weighted by Crippen LogP contribution is -2.20. The molecule has 0 saturated carbocycles. The van der Waals surface area contributed by atoms with Crippen LogP contribution in [0.5, 0.6) is 0 Å². The van der Waals surface area contributed by atoms with Crippen LogP contribution < -0.4 is 11.1 Å². The zero-order valence-electron chi connectivity index (χ0n) is 7.68. The summed E-state index contributed by atoms with van der Waals surface area (Å²) in [5.74, 6) is -0.00468. The molecule has 0 aliphatic carbocycles. The largest absolute Gasteiger partial charge is 0.380 e. The van der Waals surface area contributed by atoms with Gasteiger partial charge in [-0.05, 0) is 11.6 Å². The molecule has 0 aliphatic heterocycles. The van der Waals surface area contributed by atoms with Gasteiger partial charge in [0.05, 0.1) is 4.92 Å². The second-order valence-electron chi connectivity index (χ2n) is 2.71. The Morgan fingerprint density at radius 3 is 3.00 bits per heavy atom. The average Bonchev–Trinajstić information content (AvgIpc) is 2.16. The van der Waals surface area contributed by atoms with Gasteiger partial charge in [-0.25, -0.2) is 4.98 Å². The predicted octanol–water partition coefficient (Wildman–Crippen LogP) is 0.859. The van der Waals surface area contributed by atoms with Crippen LogP contribution in [0.25, 0.3) is 0 Å². The molecule has 1 heterocycles. The molecule has 0 aliphatic rings. The van der Waals surface area contributed by atoms with Crippen molar-refractivity contribution in [2.45, 2.75) is 6.54 Å². The van der Waals surface area contributed by atoms with Crippen molar-refractivity contribution in [3.63, 3.8) is 0 Å². The summed E-state index contributed by atoms with van der Waals surface area (Å²) in [4.78, 5) is 13.3. The molecule has 1 rings (SSSR count). The van der Waals surface area contributed by atoms with Crippen LogP contribution in [0.15, 0.2) is 30.4 Å². The number of nitro groups is 1. The molecule has 0 aromatic carbocycles. The lowest BCUT2D eigenvalue weighted by molar-refractivity contribution is -0.403. The van der Waals surface area contributed by atoms with Crippen LogP contribution in [0.3, 0.4) is 0 Å². The fourth-order valence-corrected chi connectivity index (χ4v) is 0.986. The molecule has 6 nitrogen and oxygen atoms in total. The number of aromatic nitrogens is 1. The molecule has 80 valence electrons. The smallest absolute Gasteiger partial charge is 0.273 e. The third kappa shape index (κ3) is 4.28. The van der Waals surface area contributed by atoms with Gasteiger partial charge in [-0.1, -0.05) is 17.7 Å². The Labute approximate surface area is 90.9 Å². The first kappa shape index (κ1) is 11.3. The van der Waals surface area contributed by atoms with E-state index in [-0.39, 0.29) is 5.82 Å². The van der Waals surface area contributed by atoms with Crippen LogP contribution in [0, 0.1) is 10.1 Å². The number of hydrogen-bond acceptors (Lipinski definition) is 5. The van der Waals surface area contributed by atoms with Gasteiger partial charge in [0.25, 0.3) is 6.20 Å². The van der Waals surface area contributed by atoms with Crippen LogP contribution in [-0.4, -0.2) is 9.91 Å². The first-order chi connectivity index (χ1) is 7.08. The van der Waals surface area contributed by atoms with Crippen LogP contribution >= 0.6 is 11.6 Å². The molecule has 15 heavy (non-hydrogen) atoms. The van der Waals surface area contributed by atoms with E-state index in [2.05, 4.69) is 10.3 Å². The first-order valence-corrected chi connectivity index (χ1v) is 4.41. The second-order valence-corrected chi connectivity index (χ2v) is 3.10. The van der Waals surface area contributed by atoms with Crippen molar-refractivity contribution >= 4 is 11.6 Å². The van der Waals surface area contributed by atoms with E-state index in [1.165, 1.54) is 0 Å². The molecule has 0 radical (unpaired) electrons. The Bertz CT molecular complexity index is 377. The van der Waals surface area contributed by atoms with Crippen molar-refractivity contribution < 1.29 is 4.92 Å². The van der Waals surface area contributed by atoms with Gasteiger partial charge in [-0.15, -0.1) is 0 Å². The van der Waals surface area contributed by atoms with Gasteiger partial charge in [0.1, 0.15) is 5.15 Å². The summed E-state index contributed by atoms with van der Waals surface area (Å²) in [5.41, 5.74) is 6.15. The number of pyridine rings is 1. The molecule has 0 unspecified atom stereocenters. The Hall–Kier alpha value is -1.82. The van der Waals surface area contributed by atoms with E-state index in [1.807, 2.05) is 0 Å². The van der Waals surface area contributed by atoms with Crippen LogP contribution in [0.1, 0.15) is 5.56 Å². The highest BCUT2D eigenvalue weighted by atomic mass is 35.5. The Morgan fingerprint density at radius 1 is 1.73 bits per heavy atom. The summed E-state index contributed by atoms with van der Waals surface area (Å²) >= 11 is 5.59. The lowest BCUT2D eigenvalue weighted by atomic mass is 10.3. The monoisotopic (exact) mass is 228 g/mol. The van der Waals surface area contributed by atoms with Crippen molar-refractivity contribution in [2.75, 3.05) is 0 Å². The first-order valence-electron chi connectivity index (χ1n) is 4.03. The Kier molecular flexibility index (Phi) is 3.87. The minimum atomic E-state index is -0.623. The maximum Gasteiger partial charge on any atom is 0.273 e. The number of rotatable bonds is 4. The summed E-state index contributed by atoms with van der Waals surface area (Å²) in [6, 6.07) is 3.38. The van der Waals surface area contributed by atoms with Gasteiger partial charge < -0.3 is 11.1 Å². The highest BCUT2D eigenvalue weighted by Gasteiger charge is 1.97. The fraction of sp³-hybridized carbons (Fsp3) is 0.125. The summed E-state index contributed by atoms with van der Waals surface area (Å²) in [5, 5.41) is 13.1. The minimum Gasteiger partial charge on any atom is -0.380 e. The molecule has 1 aromatic heterocycles. The zero-order chi connectivity index (χ0) is 11.3. The number of nitrogens with zero attached hydrogens (tertiary/aromatic N) is 2. The van der Waals surface area contributed by atoms with Gasteiger partial charge in [-0.3, -0.25) is 10.1 Å². The third-order valence-corrected chi connectivity index (χ3v) is 1.75. The molecule has 7 heteroatoms. The molecule has 0 bridgehead atoms. The van der Waals surface area contributed by atoms with Gasteiger partial charge >= 0.3 is 0 Å². The lowest BCUT2D eigenvalue weighted by Gasteiger charge is -2.03. The standard InChI is InChI=1S/C8H9ClN4O2/c9-7-2-1-6(3-11-7)4-12-8(10)5-13(14)15/h1-3,5,12H,4,10H2. The van der Waals surface area contributed by atoms with Gasteiger partial charge in [0.15, 0.2) is 5.82 Å². The summed E-state index contributed by atoms with van der Waals surface area (Å²) < 4.78 is 0. The van der Waals surface area contributed by atoms with Crippen molar-refractivity contribution in [3.8, 4) is 0 Å². The van der Waals surface area contributed by atoms with Crippen molar-refractivity contribution in [3.05, 3.63) is 51.2 Å². The van der Waals surface area contributed by atoms with Gasteiger partial charge in [-0.2, -0.15) is 0 Å². The van der Waals surface area contributed by atoms with Gasteiger partial charge in [0.2, 0.25) is 0 Å². The molecule has 0 spiro atoms. The van der Waals surface area contributed by atoms with Crippen molar-refractivity contribution in [1.82, 2.24) is 10.3 Å². The summed E-state index contributed by atoms with van der Waals surface area (Å²) in [7, 11) is 0. The van der Waals surface area contributed by atoms with E-state index in [0.29, 0.717) is 17.9 Å². The molecule has 1 aromatic rings. The number of halogens is 1. The SMILES string of the molecule is NC(=C[N+](=O)[O-])NCc1ccc(Cl)nc1. The highest BCUT2D eigenvalue weighted by molar-refractivity contribution is 6.29. The normalized spacial score (nSPS) is 11.1. The fourth-order valence-electron chi connectivity index (χ4n) is 0.874. The van der Waals surface area contributed by atoms with Crippen LogP contribution in [-0.2, 0) is 6.54 Å². The van der Waals surface area contributed by atoms with Crippen LogP contribution in [0.2, 0.25) is 5.15 Å². The molecule has 0 amide bonds. The minimum absolute atomic E-state index is 0.00468. The average molecular weight is 229 g/mol. The second kappa shape index (κ2) is 5.16. The maximum atomic E-state index is 10.0. The Balaban J connectivity index is 2.50. The van der Waals surface area contributed by atoms with E-state index in [9.17, 15) is 10.1 Å². The molecule has 0 saturated heterocycles. The maximum absolute atomic E-state index is 10.0. The Morgan fingerprint density at radius 2 is 2.47 bits per heavy atom. The van der Waals surface area contributed by atoms with E-state index in [0.717, 1.165) is 5.56 Å². The molecule has 0 fully saturated rings. The summed E-state index contributed by atoms with van der Waals surface area (Å²) in [6.45, 7) is 0.361. The van der Waals surface area contributed by atoms with Crippen molar-refractivity contribution in [1.29, 1.82) is 0 Å². The van der Waals surface area contributed by atoms with E-state index < -0.39 is 4.92 Å². The highest BCUT2D eigenvalue weighted by Crippen LogP contribution is 2.04. The third-order valence-electron chi connectivity index (χ3n) is 1.53. The van der Waals surface area contributed by atoms with Crippen molar-refractivity contribution in [2.24, 2.45) is 5.73 Å². The van der Waals surface area contributed by atoms with E-state index >= 15 is 0 Å². The van der Waals surface area contributed by atoms with E-state index in [4.69, 9.17) is 17.3 Å². The molecular weight excluding hydrogens is 220 g/mol. The quantitative estimate of drug-likeness (QED) is 0.453. The summed E-state index contributed by atoms with van der Waals surface area (Å²) in [6.07, 6.45) is 2.26. The van der Waals surface area contributed by atoms with Gasteiger partial charge in [0, 0.05) is 12.7 Å². The van der Waals surface area contributed by atoms with E-state index in [1.54, 1.807) is 18.3 Å². The molecule has 0 atom stereocenters. The number of nitrogens with one attached hydrogen (secondary N) is 1. The van der Waals surface area contributed by atoms with Crippen LogP contribution in [0.4, 0.5) is 0 Å². The molecular formula is C8H9ClN4O2.